The van der Waals surface area contributed by atoms with Crippen molar-refractivity contribution in [1.82, 2.24) is 0 Å². The predicted octanol–water partition coefficient (Wildman–Crippen LogP) is 4.05. The zero-order chi connectivity index (χ0) is 15.2. The Labute approximate surface area is 131 Å². The van der Waals surface area contributed by atoms with Gasteiger partial charge in [0.15, 0.2) is 0 Å². The number of rotatable bonds is 4. The van der Waals surface area contributed by atoms with E-state index < -0.39 is 0 Å². The molecule has 0 fully saturated rings. The number of benzene rings is 2. The predicted molar refractivity (Wildman–Crippen MR) is 87.5 cm³/mol. The minimum atomic E-state index is -0.173. The second-order valence-electron chi connectivity index (χ2n) is 4.44. The normalized spacial score (nSPS) is 10.0. The summed E-state index contributed by atoms with van der Waals surface area (Å²) in [5, 5.41) is 5.56. The van der Waals surface area contributed by atoms with Crippen LogP contribution in [0.2, 0.25) is 0 Å². The number of amides is 2. The molecular weight excluding hydrogens is 332 g/mol. The Balaban J connectivity index is 2.01. The highest BCUT2D eigenvalue weighted by Crippen LogP contribution is 2.16. The van der Waals surface area contributed by atoms with Gasteiger partial charge < -0.3 is 10.6 Å². The van der Waals surface area contributed by atoms with E-state index >= 15 is 0 Å². The zero-order valence-electron chi connectivity index (χ0n) is 11.5. The van der Waals surface area contributed by atoms with Crippen molar-refractivity contribution < 1.29 is 9.59 Å². The molecule has 2 N–H and O–H groups in total. The second-order valence-corrected chi connectivity index (χ2v) is 5.36. The summed E-state index contributed by atoms with van der Waals surface area (Å²) < 4.78 is 0.926. The maximum Gasteiger partial charge on any atom is 0.255 e. The van der Waals surface area contributed by atoms with Crippen LogP contribution in [0.5, 0.6) is 0 Å². The number of hydrogen-bond donors (Lipinski definition) is 2. The van der Waals surface area contributed by atoms with Crippen LogP contribution in [0, 0.1) is 0 Å². The van der Waals surface area contributed by atoms with Gasteiger partial charge in [0.25, 0.3) is 5.91 Å². The molecule has 0 unspecified atom stereocenters. The highest BCUT2D eigenvalue weighted by atomic mass is 79.9. The van der Waals surface area contributed by atoms with Crippen molar-refractivity contribution >= 4 is 39.1 Å². The minimum absolute atomic E-state index is 0.0401. The van der Waals surface area contributed by atoms with Gasteiger partial charge >= 0.3 is 0 Å². The molecule has 0 aliphatic rings. The summed E-state index contributed by atoms with van der Waals surface area (Å²) in [7, 11) is 0. The molecule has 0 spiro atoms. The summed E-state index contributed by atoms with van der Waals surface area (Å²) in [6.45, 7) is 1.79. The topological polar surface area (TPSA) is 58.2 Å². The number of carbonyl (C=O) groups is 2. The number of halogens is 1. The highest BCUT2D eigenvalue weighted by Gasteiger charge is 2.06. The van der Waals surface area contributed by atoms with E-state index in [1.165, 1.54) is 0 Å². The van der Waals surface area contributed by atoms with Gasteiger partial charge in [-0.2, -0.15) is 0 Å². The molecule has 0 bridgehead atoms. The van der Waals surface area contributed by atoms with Crippen molar-refractivity contribution in [3.8, 4) is 0 Å². The van der Waals surface area contributed by atoms with E-state index in [-0.39, 0.29) is 11.8 Å². The van der Waals surface area contributed by atoms with Crippen molar-refractivity contribution in [2.75, 3.05) is 10.6 Å². The van der Waals surface area contributed by atoms with Gasteiger partial charge in [0.05, 0.1) is 0 Å². The molecule has 21 heavy (non-hydrogen) atoms. The SMILES string of the molecule is CCC(=O)Nc1ccc(NC(=O)c2ccc(Br)cc2)cc1. The Kier molecular flexibility index (Phi) is 5.11. The molecule has 2 amide bonds. The quantitative estimate of drug-likeness (QED) is 0.877. The zero-order valence-corrected chi connectivity index (χ0v) is 13.1. The molecule has 0 saturated heterocycles. The van der Waals surface area contributed by atoms with Gasteiger partial charge in [0.1, 0.15) is 0 Å². The fourth-order valence-electron chi connectivity index (χ4n) is 1.69. The van der Waals surface area contributed by atoms with Gasteiger partial charge in [-0.05, 0) is 48.5 Å². The molecule has 108 valence electrons. The summed E-state index contributed by atoms with van der Waals surface area (Å²) in [5.41, 5.74) is 1.97. The fraction of sp³-hybridized carbons (Fsp3) is 0.125. The van der Waals surface area contributed by atoms with Crippen LogP contribution in [-0.2, 0) is 4.79 Å². The smallest absolute Gasteiger partial charge is 0.255 e. The summed E-state index contributed by atoms with van der Waals surface area (Å²) in [5.74, 6) is -0.213. The van der Waals surface area contributed by atoms with E-state index in [4.69, 9.17) is 0 Å². The van der Waals surface area contributed by atoms with Crippen molar-refractivity contribution in [1.29, 1.82) is 0 Å². The number of carbonyl (C=O) groups excluding carboxylic acids is 2. The van der Waals surface area contributed by atoms with Crippen LogP contribution in [0.3, 0.4) is 0 Å². The average molecular weight is 347 g/mol. The summed E-state index contributed by atoms with van der Waals surface area (Å²) in [6.07, 6.45) is 0.433. The maximum atomic E-state index is 12.0. The lowest BCUT2D eigenvalue weighted by Gasteiger charge is -2.07. The largest absolute Gasteiger partial charge is 0.326 e. The molecule has 0 atom stereocenters. The lowest BCUT2D eigenvalue weighted by molar-refractivity contribution is -0.115. The Morgan fingerprint density at radius 3 is 1.95 bits per heavy atom. The number of nitrogens with one attached hydrogen (secondary N) is 2. The number of hydrogen-bond acceptors (Lipinski definition) is 2. The lowest BCUT2D eigenvalue weighted by atomic mass is 10.2. The van der Waals surface area contributed by atoms with E-state index in [9.17, 15) is 9.59 Å². The summed E-state index contributed by atoms with van der Waals surface area (Å²) in [4.78, 5) is 23.3. The van der Waals surface area contributed by atoms with E-state index in [1.807, 2.05) is 12.1 Å². The fourth-order valence-corrected chi connectivity index (χ4v) is 1.96. The van der Waals surface area contributed by atoms with Gasteiger partial charge in [-0.1, -0.05) is 22.9 Å². The molecule has 0 aliphatic carbocycles. The molecule has 2 aromatic rings. The Hall–Kier alpha value is -2.14. The standard InChI is InChI=1S/C16H15BrN2O2/c1-2-15(20)18-13-7-9-14(10-8-13)19-16(21)11-3-5-12(17)6-4-11/h3-10H,2H2,1H3,(H,18,20)(H,19,21). The van der Waals surface area contributed by atoms with Crippen LogP contribution in [0.25, 0.3) is 0 Å². The molecule has 0 aromatic heterocycles. The third-order valence-electron chi connectivity index (χ3n) is 2.85. The molecule has 2 rings (SSSR count). The van der Waals surface area contributed by atoms with Crippen LogP contribution >= 0.6 is 15.9 Å². The first-order valence-electron chi connectivity index (χ1n) is 6.55. The third kappa shape index (κ3) is 4.43. The summed E-state index contributed by atoms with van der Waals surface area (Å²) in [6, 6.07) is 14.1. The molecule has 0 radical (unpaired) electrons. The van der Waals surface area contributed by atoms with Crippen LogP contribution < -0.4 is 10.6 Å². The average Bonchev–Trinajstić information content (AvgIpc) is 2.49. The van der Waals surface area contributed by atoms with Crippen molar-refractivity contribution in [3.63, 3.8) is 0 Å². The van der Waals surface area contributed by atoms with E-state index in [0.29, 0.717) is 23.4 Å². The molecular formula is C16H15BrN2O2. The monoisotopic (exact) mass is 346 g/mol. The molecule has 0 heterocycles. The highest BCUT2D eigenvalue weighted by molar-refractivity contribution is 9.10. The van der Waals surface area contributed by atoms with Gasteiger partial charge in [0.2, 0.25) is 5.91 Å². The minimum Gasteiger partial charge on any atom is -0.326 e. The van der Waals surface area contributed by atoms with Crippen molar-refractivity contribution in [2.45, 2.75) is 13.3 Å². The molecule has 0 aliphatic heterocycles. The Morgan fingerprint density at radius 2 is 1.43 bits per heavy atom. The molecule has 4 nitrogen and oxygen atoms in total. The molecule has 0 saturated carbocycles. The first kappa shape index (κ1) is 15.3. The van der Waals surface area contributed by atoms with Crippen LogP contribution in [-0.4, -0.2) is 11.8 Å². The first-order valence-corrected chi connectivity index (χ1v) is 7.34. The second kappa shape index (κ2) is 7.04. The van der Waals surface area contributed by atoms with Gasteiger partial charge in [0, 0.05) is 27.8 Å². The van der Waals surface area contributed by atoms with Gasteiger partial charge in [-0.3, -0.25) is 9.59 Å². The number of anilines is 2. The van der Waals surface area contributed by atoms with E-state index in [1.54, 1.807) is 43.3 Å². The van der Waals surface area contributed by atoms with E-state index in [0.717, 1.165) is 4.47 Å². The van der Waals surface area contributed by atoms with E-state index in [2.05, 4.69) is 26.6 Å². The Morgan fingerprint density at radius 1 is 0.905 bits per heavy atom. The third-order valence-corrected chi connectivity index (χ3v) is 3.38. The lowest BCUT2D eigenvalue weighted by Crippen LogP contribution is -2.12. The van der Waals surface area contributed by atoms with Crippen LogP contribution in [0.4, 0.5) is 11.4 Å². The molecule has 5 heteroatoms. The van der Waals surface area contributed by atoms with Crippen LogP contribution in [0.15, 0.2) is 53.0 Å². The van der Waals surface area contributed by atoms with Gasteiger partial charge in [-0.15, -0.1) is 0 Å². The molecule has 2 aromatic carbocycles. The van der Waals surface area contributed by atoms with Crippen molar-refractivity contribution in [2.24, 2.45) is 0 Å². The first-order chi connectivity index (χ1) is 10.1. The van der Waals surface area contributed by atoms with Gasteiger partial charge in [-0.25, -0.2) is 0 Å². The van der Waals surface area contributed by atoms with Crippen LogP contribution in [0.1, 0.15) is 23.7 Å². The van der Waals surface area contributed by atoms with Crippen molar-refractivity contribution in [3.05, 3.63) is 58.6 Å². The summed E-state index contributed by atoms with van der Waals surface area (Å²) >= 11 is 3.33. The maximum absolute atomic E-state index is 12.0. The Bertz CT molecular complexity index is 636.